The van der Waals surface area contributed by atoms with Crippen LogP contribution in [0, 0.1) is 5.92 Å². The fraction of sp³-hybridized carbons (Fsp3) is 0.259. The van der Waals surface area contributed by atoms with Crippen LogP contribution in [0.3, 0.4) is 0 Å². The number of halogens is 2. The van der Waals surface area contributed by atoms with Gasteiger partial charge in [-0.2, -0.15) is 0 Å². The Balaban J connectivity index is 1.46. The molecule has 0 saturated heterocycles. The lowest BCUT2D eigenvalue weighted by Crippen LogP contribution is -2.24. The summed E-state index contributed by atoms with van der Waals surface area (Å²) in [6, 6.07) is 22.3. The predicted octanol–water partition coefficient (Wildman–Crippen LogP) is 7.98. The Morgan fingerprint density at radius 3 is 2.15 bits per heavy atom. The number of amides is 2. The van der Waals surface area contributed by atoms with Crippen molar-refractivity contribution in [3.8, 4) is 0 Å². The smallest absolute Gasteiger partial charge is 0.242 e. The highest BCUT2D eigenvalue weighted by Crippen LogP contribution is 2.37. The van der Waals surface area contributed by atoms with Crippen LogP contribution in [-0.4, -0.2) is 11.8 Å². The Morgan fingerprint density at radius 1 is 0.794 bits per heavy atom. The van der Waals surface area contributed by atoms with E-state index in [0.29, 0.717) is 15.7 Å². The molecule has 1 atom stereocenters. The van der Waals surface area contributed by atoms with Gasteiger partial charge >= 0.3 is 0 Å². The lowest BCUT2D eigenvalue weighted by Gasteiger charge is -2.21. The standard InChI is InChI=1S/C27H26Cl2N2O2S/c28-23-16-13-21(17-24(23)29)31-27(33)25(18-7-3-1-4-8-18)34-22-14-11-20(12-15-22)30-26(32)19-9-5-2-6-10-19/h1,3-4,7-8,11-17,19,25H,2,5-6,9-10H2,(H,30,32)(H,31,33). The highest BCUT2D eigenvalue weighted by molar-refractivity contribution is 8.00. The number of benzene rings is 3. The summed E-state index contributed by atoms with van der Waals surface area (Å²) >= 11 is 13.6. The maximum Gasteiger partial charge on any atom is 0.242 e. The molecule has 4 nitrogen and oxygen atoms in total. The van der Waals surface area contributed by atoms with E-state index in [4.69, 9.17) is 23.2 Å². The number of carbonyl (C=O) groups excluding carboxylic acids is 2. The first-order valence-electron chi connectivity index (χ1n) is 11.4. The number of anilines is 2. The Labute approximate surface area is 214 Å². The Morgan fingerprint density at radius 2 is 1.47 bits per heavy atom. The molecule has 3 aromatic rings. The average Bonchev–Trinajstić information content (AvgIpc) is 2.86. The van der Waals surface area contributed by atoms with E-state index in [1.807, 2.05) is 54.6 Å². The van der Waals surface area contributed by atoms with Crippen molar-refractivity contribution in [2.45, 2.75) is 42.2 Å². The maximum absolute atomic E-state index is 13.2. The summed E-state index contributed by atoms with van der Waals surface area (Å²) in [5, 5.41) is 6.33. The fourth-order valence-corrected chi connectivity index (χ4v) is 5.37. The molecule has 3 aromatic carbocycles. The van der Waals surface area contributed by atoms with Crippen molar-refractivity contribution in [1.29, 1.82) is 0 Å². The molecule has 0 spiro atoms. The summed E-state index contributed by atoms with van der Waals surface area (Å²) in [5.74, 6) is 0.0443. The average molecular weight is 513 g/mol. The number of nitrogens with one attached hydrogen (secondary N) is 2. The van der Waals surface area contributed by atoms with Gasteiger partial charge in [0, 0.05) is 22.2 Å². The molecule has 1 saturated carbocycles. The van der Waals surface area contributed by atoms with Crippen LogP contribution < -0.4 is 10.6 Å². The maximum atomic E-state index is 13.2. The van der Waals surface area contributed by atoms with Crippen LogP contribution in [0.2, 0.25) is 10.0 Å². The molecule has 4 rings (SSSR count). The van der Waals surface area contributed by atoms with Gasteiger partial charge in [0.05, 0.1) is 10.0 Å². The zero-order chi connectivity index (χ0) is 23.9. The molecule has 0 aliphatic heterocycles. The normalized spacial score (nSPS) is 14.9. The Kier molecular flexibility index (Phi) is 8.54. The molecule has 1 unspecified atom stereocenters. The largest absolute Gasteiger partial charge is 0.326 e. The summed E-state index contributed by atoms with van der Waals surface area (Å²) in [6.45, 7) is 0. The molecule has 0 aromatic heterocycles. The van der Waals surface area contributed by atoms with Crippen molar-refractivity contribution in [3.63, 3.8) is 0 Å². The van der Waals surface area contributed by atoms with E-state index in [1.165, 1.54) is 18.2 Å². The molecule has 1 fully saturated rings. The number of hydrogen-bond donors (Lipinski definition) is 2. The van der Waals surface area contributed by atoms with Gasteiger partial charge in [0.2, 0.25) is 11.8 Å². The summed E-state index contributed by atoms with van der Waals surface area (Å²) < 4.78 is 0. The van der Waals surface area contributed by atoms with E-state index in [0.717, 1.165) is 41.8 Å². The van der Waals surface area contributed by atoms with E-state index < -0.39 is 5.25 Å². The van der Waals surface area contributed by atoms with E-state index >= 15 is 0 Å². The number of thioether (sulfide) groups is 1. The zero-order valence-electron chi connectivity index (χ0n) is 18.6. The zero-order valence-corrected chi connectivity index (χ0v) is 20.9. The third kappa shape index (κ3) is 6.56. The molecule has 0 heterocycles. The molecule has 1 aliphatic rings. The molecular formula is C27H26Cl2N2O2S. The van der Waals surface area contributed by atoms with Crippen molar-refractivity contribution >= 4 is 58.2 Å². The van der Waals surface area contributed by atoms with Crippen LogP contribution in [0.4, 0.5) is 11.4 Å². The van der Waals surface area contributed by atoms with Crippen molar-refractivity contribution in [2.75, 3.05) is 10.6 Å². The molecule has 2 N–H and O–H groups in total. The molecule has 1 aliphatic carbocycles. The predicted molar refractivity (Wildman–Crippen MR) is 142 cm³/mol. The van der Waals surface area contributed by atoms with Gasteiger partial charge in [-0.25, -0.2) is 0 Å². The highest BCUT2D eigenvalue weighted by atomic mass is 35.5. The second kappa shape index (κ2) is 11.8. The molecule has 34 heavy (non-hydrogen) atoms. The van der Waals surface area contributed by atoms with Crippen LogP contribution in [0.5, 0.6) is 0 Å². The second-order valence-corrected chi connectivity index (χ2v) is 10.4. The van der Waals surface area contributed by atoms with Crippen LogP contribution in [-0.2, 0) is 9.59 Å². The number of hydrogen-bond acceptors (Lipinski definition) is 3. The molecular weight excluding hydrogens is 487 g/mol. The quantitative estimate of drug-likeness (QED) is 0.315. The van der Waals surface area contributed by atoms with Crippen molar-refractivity contribution in [2.24, 2.45) is 5.92 Å². The molecule has 2 amide bonds. The van der Waals surface area contributed by atoms with Crippen molar-refractivity contribution in [1.82, 2.24) is 0 Å². The van der Waals surface area contributed by atoms with Gasteiger partial charge in [0.15, 0.2) is 0 Å². The molecule has 176 valence electrons. The van der Waals surface area contributed by atoms with Gasteiger partial charge < -0.3 is 10.6 Å². The first-order chi connectivity index (χ1) is 16.5. The molecule has 0 bridgehead atoms. The summed E-state index contributed by atoms with van der Waals surface area (Å²) in [5.41, 5.74) is 2.25. The second-order valence-electron chi connectivity index (χ2n) is 8.38. The van der Waals surface area contributed by atoms with E-state index in [-0.39, 0.29) is 17.7 Å². The van der Waals surface area contributed by atoms with Crippen LogP contribution >= 0.6 is 35.0 Å². The third-order valence-corrected chi connectivity index (χ3v) is 7.88. The summed E-state index contributed by atoms with van der Waals surface area (Å²) in [7, 11) is 0. The lowest BCUT2D eigenvalue weighted by atomic mass is 9.88. The number of rotatable bonds is 7. The van der Waals surface area contributed by atoms with Crippen molar-refractivity contribution < 1.29 is 9.59 Å². The van der Waals surface area contributed by atoms with Gasteiger partial charge in [-0.1, -0.05) is 72.8 Å². The minimum absolute atomic E-state index is 0.100. The van der Waals surface area contributed by atoms with E-state index in [9.17, 15) is 9.59 Å². The van der Waals surface area contributed by atoms with E-state index in [1.54, 1.807) is 18.2 Å². The minimum Gasteiger partial charge on any atom is -0.326 e. The van der Waals surface area contributed by atoms with Crippen LogP contribution in [0.25, 0.3) is 0 Å². The topological polar surface area (TPSA) is 58.2 Å². The van der Waals surface area contributed by atoms with Gasteiger partial charge in [0.1, 0.15) is 5.25 Å². The van der Waals surface area contributed by atoms with Gasteiger partial charge in [-0.15, -0.1) is 11.8 Å². The lowest BCUT2D eigenvalue weighted by molar-refractivity contribution is -0.120. The fourth-order valence-electron chi connectivity index (χ4n) is 4.04. The first-order valence-corrected chi connectivity index (χ1v) is 13.0. The molecule has 7 heteroatoms. The minimum atomic E-state index is -0.474. The first kappa shape index (κ1) is 24.6. The van der Waals surface area contributed by atoms with E-state index in [2.05, 4.69) is 10.6 Å². The van der Waals surface area contributed by atoms with Crippen LogP contribution in [0.15, 0.2) is 77.7 Å². The van der Waals surface area contributed by atoms with Gasteiger partial charge in [-0.3, -0.25) is 9.59 Å². The highest BCUT2D eigenvalue weighted by Gasteiger charge is 2.23. The third-order valence-electron chi connectivity index (χ3n) is 5.88. The summed E-state index contributed by atoms with van der Waals surface area (Å²) in [6.07, 6.45) is 5.40. The van der Waals surface area contributed by atoms with Gasteiger partial charge in [-0.05, 0) is 60.9 Å². The Bertz CT molecular complexity index is 1130. The SMILES string of the molecule is O=C(Nc1ccc(SC(C(=O)Nc2ccc(Cl)c(Cl)c2)c2ccccc2)cc1)C1CCCCC1. The Hall–Kier alpha value is -2.47. The van der Waals surface area contributed by atoms with Crippen LogP contribution in [0.1, 0.15) is 42.9 Å². The monoisotopic (exact) mass is 512 g/mol. The summed E-state index contributed by atoms with van der Waals surface area (Å²) in [4.78, 5) is 26.7. The van der Waals surface area contributed by atoms with Crippen molar-refractivity contribution in [3.05, 3.63) is 88.4 Å². The van der Waals surface area contributed by atoms with Gasteiger partial charge in [0.25, 0.3) is 0 Å². The molecule has 0 radical (unpaired) electrons. The number of carbonyl (C=O) groups is 2.